The second-order valence-corrected chi connectivity index (χ2v) is 25.2. The van der Waals surface area contributed by atoms with Gasteiger partial charge >= 0.3 is 246 Å². The zero-order valence-corrected chi connectivity index (χ0v) is 26.9. The monoisotopic (exact) mass is 617 g/mol. The van der Waals surface area contributed by atoms with Gasteiger partial charge in [0.25, 0.3) is 0 Å². The van der Waals surface area contributed by atoms with Crippen LogP contribution >= 0.6 is 7.14 Å². The number of hydrogen-bond acceptors (Lipinski definition) is 3. The van der Waals surface area contributed by atoms with E-state index in [1.165, 1.54) is 8.79 Å². The number of benzene rings is 5. The van der Waals surface area contributed by atoms with Gasteiger partial charge in [0, 0.05) is 0 Å². The van der Waals surface area contributed by atoms with E-state index in [4.69, 9.17) is 4.74 Å². The molecular weight excluding hydrogens is 582 g/mol. The number of ether oxygens (including phenoxy) is 1. The van der Waals surface area contributed by atoms with Crippen LogP contribution in [0.1, 0.15) is 27.7 Å². The molecule has 0 aromatic heterocycles. The van der Waals surface area contributed by atoms with Crippen LogP contribution in [-0.2, 0) is 4.57 Å². The van der Waals surface area contributed by atoms with Crippen molar-refractivity contribution < 1.29 is 9.30 Å². The van der Waals surface area contributed by atoms with Gasteiger partial charge in [-0.05, 0) is 0 Å². The van der Waals surface area contributed by atoms with E-state index in [1.807, 2.05) is 36.4 Å². The number of anilines is 3. The zero-order valence-electron chi connectivity index (χ0n) is 23.9. The molecule has 5 heteroatoms. The molecule has 0 saturated heterocycles. The molecule has 41 heavy (non-hydrogen) atoms. The van der Waals surface area contributed by atoms with Crippen molar-refractivity contribution >= 4 is 62.2 Å². The molecule has 204 valence electrons. The molecule has 2 heterocycles. The van der Waals surface area contributed by atoms with Crippen molar-refractivity contribution in [2.24, 2.45) is 0 Å². The first-order valence-corrected chi connectivity index (χ1v) is 20.7. The Kier molecular flexibility index (Phi) is 6.30. The number of nitrogens with zero attached hydrogens (tertiary/aromatic N) is 1. The zero-order chi connectivity index (χ0) is 28.4. The van der Waals surface area contributed by atoms with Gasteiger partial charge in [-0.25, -0.2) is 0 Å². The summed E-state index contributed by atoms with van der Waals surface area (Å²) in [5.74, 6) is 1.65. The second-order valence-electron chi connectivity index (χ2n) is 11.7. The van der Waals surface area contributed by atoms with Gasteiger partial charge in [0.1, 0.15) is 0 Å². The third-order valence-corrected chi connectivity index (χ3v) is 26.4. The summed E-state index contributed by atoms with van der Waals surface area (Å²) in [6, 6.07) is 42.0. The summed E-state index contributed by atoms with van der Waals surface area (Å²) in [7, 11) is -3.09. The molecule has 0 fully saturated rings. The molecule has 0 spiro atoms. The molecule has 0 saturated carbocycles. The molecule has 0 unspecified atom stereocenters. The van der Waals surface area contributed by atoms with Crippen molar-refractivity contribution in [2.75, 3.05) is 4.90 Å². The first kappa shape index (κ1) is 26.4. The van der Waals surface area contributed by atoms with Crippen molar-refractivity contribution in [2.45, 2.75) is 37.2 Å². The molecule has 0 radical (unpaired) electrons. The predicted octanol–water partition coefficient (Wildman–Crippen LogP) is 7.60. The summed E-state index contributed by atoms with van der Waals surface area (Å²) in [6.45, 7) is 9.54. The predicted molar refractivity (Wildman–Crippen MR) is 176 cm³/mol. The van der Waals surface area contributed by atoms with Crippen LogP contribution in [-0.4, -0.2) is 13.3 Å². The first-order valence-electron chi connectivity index (χ1n) is 14.4. The van der Waals surface area contributed by atoms with E-state index in [0.717, 1.165) is 44.5 Å². The van der Waals surface area contributed by atoms with Gasteiger partial charge in [-0.1, -0.05) is 0 Å². The number of para-hydroxylation sites is 4. The van der Waals surface area contributed by atoms with Gasteiger partial charge in [0.05, 0.1) is 0 Å². The van der Waals surface area contributed by atoms with Crippen LogP contribution < -0.4 is 34.3 Å². The molecule has 0 amide bonds. The molecule has 0 N–H and O–H groups in total. The molecule has 7 rings (SSSR count). The maximum absolute atomic E-state index is 15.7. The van der Waals surface area contributed by atoms with Crippen LogP contribution in [0.15, 0.2) is 121 Å². The van der Waals surface area contributed by atoms with Crippen molar-refractivity contribution in [3.8, 4) is 11.5 Å². The average molecular weight is 616 g/mol. The van der Waals surface area contributed by atoms with Gasteiger partial charge in [-0.3, -0.25) is 0 Å². The number of rotatable bonds is 4. The molecule has 5 aromatic carbocycles. The van der Waals surface area contributed by atoms with Gasteiger partial charge in [0.2, 0.25) is 0 Å². The van der Waals surface area contributed by atoms with Crippen LogP contribution in [0.2, 0.25) is 9.50 Å². The molecule has 0 bridgehead atoms. The fraction of sp³-hybridized carbons (Fsp3) is 0.167. The van der Waals surface area contributed by atoms with Crippen LogP contribution in [0, 0.1) is 0 Å². The molecule has 3 nitrogen and oxygen atoms in total. The minimum absolute atomic E-state index is 0.523. The summed E-state index contributed by atoms with van der Waals surface area (Å²) in [5.41, 5.74) is 3.00. The van der Waals surface area contributed by atoms with E-state index in [-0.39, 0.29) is 0 Å². The Morgan fingerprint density at radius 2 is 1.02 bits per heavy atom. The molecule has 2 aliphatic heterocycles. The van der Waals surface area contributed by atoms with E-state index in [9.17, 15) is 0 Å². The van der Waals surface area contributed by atoms with E-state index >= 15 is 4.57 Å². The number of hydrogen-bond donors (Lipinski definition) is 0. The SMILES string of the molecule is C[CH](C)[Ge]1([CH](C)C)[c]2ccccc2P(=O)(c2ccc(N3c4ccccc4Oc4ccccc43)cc2)c2cccc[c]21. The Hall–Kier alpha value is -3.53. The molecule has 2 aliphatic rings. The second kappa shape index (κ2) is 9.79. The quantitative estimate of drug-likeness (QED) is 0.151. The normalized spacial score (nSPS) is 15.9. The number of fused-ring (bicyclic) bond motifs is 4. The summed E-state index contributed by atoms with van der Waals surface area (Å²) < 4.78 is 25.7. The topological polar surface area (TPSA) is 29.5 Å². The summed E-state index contributed by atoms with van der Waals surface area (Å²) in [4.78, 5) is 2.23. The Labute approximate surface area is 245 Å². The van der Waals surface area contributed by atoms with Crippen LogP contribution in [0.3, 0.4) is 0 Å². The van der Waals surface area contributed by atoms with Crippen molar-refractivity contribution in [1.29, 1.82) is 0 Å². The van der Waals surface area contributed by atoms with E-state index < -0.39 is 20.4 Å². The maximum atomic E-state index is 15.7. The Bertz CT molecular complexity index is 1720. The Morgan fingerprint density at radius 1 is 0.585 bits per heavy atom. The molecule has 5 aromatic rings. The van der Waals surface area contributed by atoms with Gasteiger partial charge in [-0.2, -0.15) is 0 Å². The van der Waals surface area contributed by atoms with Crippen LogP contribution in [0.5, 0.6) is 11.5 Å². The Balaban J connectivity index is 1.42. The van der Waals surface area contributed by atoms with Gasteiger partial charge in [-0.15, -0.1) is 0 Å². The minimum atomic E-state index is -3.09. The fourth-order valence-electron chi connectivity index (χ4n) is 7.45. The van der Waals surface area contributed by atoms with Crippen LogP contribution in [0.4, 0.5) is 17.1 Å². The van der Waals surface area contributed by atoms with E-state index in [1.54, 1.807) is 0 Å². The van der Waals surface area contributed by atoms with Gasteiger partial charge in [0.15, 0.2) is 0 Å². The van der Waals surface area contributed by atoms with Crippen molar-refractivity contribution in [3.63, 3.8) is 0 Å². The molecular formula is C36H34GeNO2P. The summed E-state index contributed by atoms with van der Waals surface area (Å²) in [5, 5.41) is 2.99. The Morgan fingerprint density at radius 3 is 1.51 bits per heavy atom. The molecule has 0 atom stereocenters. The standard InChI is InChI=1S/C36H34GeNO2P/c1-25(2)37(26(3)4)29-13-5-11-19-35(29)41(39,36-20-12-6-14-30(36)37)28-23-21-27(22-24-28)38-31-15-7-9-17-33(31)40-34-18-10-8-16-32(34)38/h5-26H,1-4H3. The summed E-state index contributed by atoms with van der Waals surface area (Å²) in [6.07, 6.45) is 0. The van der Waals surface area contributed by atoms with E-state index in [2.05, 4.69) is 118 Å². The van der Waals surface area contributed by atoms with Crippen molar-refractivity contribution in [1.82, 2.24) is 0 Å². The van der Waals surface area contributed by atoms with Crippen LogP contribution in [0.25, 0.3) is 0 Å². The third kappa shape index (κ3) is 3.68. The van der Waals surface area contributed by atoms with Crippen molar-refractivity contribution in [3.05, 3.63) is 121 Å². The summed E-state index contributed by atoms with van der Waals surface area (Å²) >= 11 is -2.91. The first-order chi connectivity index (χ1) is 19.9. The fourth-order valence-corrected chi connectivity index (χ4v) is 26.5. The van der Waals surface area contributed by atoms with Gasteiger partial charge < -0.3 is 0 Å². The third-order valence-electron chi connectivity index (χ3n) is 9.10. The van der Waals surface area contributed by atoms with E-state index in [0.29, 0.717) is 9.50 Å². The molecule has 0 aliphatic carbocycles. The average Bonchev–Trinajstić information content (AvgIpc) is 3.00.